The first-order chi connectivity index (χ1) is 7.99. The summed E-state index contributed by atoms with van der Waals surface area (Å²) in [6, 6.07) is 2.10. The summed E-state index contributed by atoms with van der Waals surface area (Å²) in [6.45, 7) is 6.09. The molecule has 0 aliphatic carbocycles. The van der Waals surface area contributed by atoms with Gasteiger partial charge < -0.3 is 5.11 Å². The Bertz CT molecular complexity index is 433. The molecule has 1 fully saturated rings. The summed E-state index contributed by atoms with van der Waals surface area (Å²) in [7, 11) is 0. The number of rotatable bonds is 3. The van der Waals surface area contributed by atoms with Gasteiger partial charge >= 0.3 is 5.97 Å². The Labute approximate surface area is 101 Å². The third kappa shape index (κ3) is 2.64. The van der Waals surface area contributed by atoms with Crippen LogP contribution in [0.25, 0.3) is 0 Å². The molecule has 2 heterocycles. The van der Waals surface area contributed by atoms with Gasteiger partial charge in [0.2, 0.25) is 0 Å². The summed E-state index contributed by atoms with van der Waals surface area (Å²) < 4.78 is 0. The van der Waals surface area contributed by atoms with Crippen molar-refractivity contribution < 1.29 is 9.90 Å². The number of hydrogen-bond acceptors (Lipinski definition) is 3. The normalized spacial score (nSPS) is 25.1. The Kier molecular flexibility index (Phi) is 3.15. The fourth-order valence-corrected chi connectivity index (χ4v) is 2.33. The molecule has 4 heteroatoms. The van der Waals surface area contributed by atoms with E-state index in [1.807, 2.05) is 26.2 Å². The molecule has 1 atom stereocenters. The average Bonchev–Trinajstić information content (AvgIpc) is 2.61. The molecule has 1 aromatic rings. The van der Waals surface area contributed by atoms with Crippen LogP contribution in [-0.2, 0) is 11.3 Å². The maximum absolute atomic E-state index is 11.1. The van der Waals surface area contributed by atoms with Crippen LogP contribution in [-0.4, -0.2) is 34.0 Å². The Morgan fingerprint density at radius 1 is 1.59 bits per heavy atom. The van der Waals surface area contributed by atoms with Crippen molar-refractivity contribution in [2.45, 2.75) is 26.8 Å². The zero-order chi connectivity index (χ0) is 12.5. The van der Waals surface area contributed by atoms with Crippen molar-refractivity contribution in [2.24, 2.45) is 5.41 Å². The Morgan fingerprint density at radius 2 is 2.35 bits per heavy atom. The van der Waals surface area contributed by atoms with Crippen molar-refractivity contribution in [1.29, 1.82) is 0 Å². The maximum Gasteiger partial charge on any atom is 0.310 e. The van der Waals surface area contributed by atoms with Gasteiger partial charge in [-0.25, -0.2) is 0 Å². The molecule has 1 aliphatic rings. The van der Waals surface area contributed by atoms with Gasteiger partial charge in [0, 0.05) is 25.5 Å². The molecule has 1 aliphatic heterocycles. The molecule has 17 heavy (non-hydrogen) atoms. The fraction of sp³-hybridized carbons (Fsp3) is 0.538. The molecule has 1 aromatic heterocycles. The first kappa shape index (κ1) is 12.0. The molecular weight excluding hydrogens is 216 g/mol. The van der Waals surface area contributed by atoms with E-state index in [0.717, 1.165) is 30.6 Å². The van der Waals surface area contributed by atoms with Crippen LogP contribution in [0.5, 0.6) is 0 Å². The fourth-order valence-electron chi connectivity index (χ4n) is 2.33. The number of aromatic nitrogens is 1. The van der Waals surface area contributed by atoms with Crippen LogP contribution in [0, 0.1) is 12.3 Å². The van der Waals surface area contributed by atoms with E-state index in [9.17, 15) is 4.79 Å². The highest BCUT2D eigenvalue weighted by Crippen LogP contribution is 2.30. The first-order valence-corrected chi connectivity index (χ1v) is 5.86. The topological polar surface area (TPSA) is 53.4 Å². The van der Waals surface area contributed by atoms with E-state index in [0.29, 0.717) is 6.54 Å². The van der Waals surface area contributed by atoms with Crippen molar-refractivity contribution in [3.05, 3.63) is 29.6 Å². The van der Waals surface area contributed by atoms with Crippen LogP contribution in [0.4, 0.5) is 0 Å². The van der Waals surface area contributed by atoms with E-state index in [1.54, 1.807) is 0 Å². The van der Waals surface area contributed by atoms with Gasteiger partial charge in [0.1, 0.15) is 0 Å². The quantitative estimate of drug-likeness (QED) is 0.864. The van der Waals surface area contributed by atoms with Gasteiger partial charge in [-0.2, -0.15) is 0 Å². The lowest BCUT2D eigenvalue weighted by atomic mass is 9.90. The number of carbonyl (C=O) groups is 1. The van der Waals surface area contributed by atoms with Crippen molar-refractivity contribution >= 4 is 5.97 Å². The molecule has 2 rings (SSSR count). The summed E-state index contributed by atoms with van der Waals surface area (Å²) in [4.78, 5) is 17.5. The smallest absolute Gasteiger partial charge is 0.310 e. The number of hydrogen-bond donors (Lipinski definition) is 1. The Balaban J connectivity index is 2.01. The van der Waals surface area contributed by atoms with Gasteiger partial charge in [-0.3, -0.25) is 14.7 Å². The molecule has 1 unspecified atom stereocenters. The third-order valence-electron chi connectivity index (χ3n) is 3.41. The van der Waals surface area contributed by atoms with Crippen LogP contribution in [0.15, 0.2) is 18.5 Å². The summed E-state index contributed by atoms with van der Waals surface area (Å²) in [5, 5.41) is 9.16. The highest BCUT2D eigenvalue weighted by atomic mass is 16.4. The number of nitrogens with zero attached hydrogens (tertiary/aromatic N) is 2. The Hall–Kier alpha value is -1.42. The minimum atomic E-state index is -0.692. The molecule has 1 N–H and O–H groups in total. The van der Waals surface area contributed by atoms with E-state index in [2.05, 4.69) is 16.0 Å². The summed E-state index contributed by atoms with van der Waals surface area (Å²) in [5.41, 5.74) is 1.71. The summed E-state index contributed by atoms with van der Waals surface area (Å²) in [6.07, 6.45) is 4.40. The van der Waals surface area contributed by atoms with Crippen LogP contribution in [0.3, 0.4) is 0 Å². The predicted molar refractivity (Wildman–Crippen MR) is 64.6 cm³/mol. The summed E-state index contributed by atoms with van der Waals surface area (Å²) in [5.74, 6) is -0.692. The van der Waals surface area contributed by atoms with Gasteiger partial charge in [-0.15, -0.1) is 0 Å². The van der Waals surface area contributed by atoms with E-state index in [-0.39, 0.29) is 0 Å². The minimum absolute atomic E-state index is 0.586. The molecule has 1 saturated heterocycles. The lowest BCUT2D eigenvalue weighted by Crippen LogP contribution is -2.31. The van der Waals surface area contributed by atoms with E-state index in [1.165, 1.54) is 0 Å². The number of carboxylic acid groups (broad SMARTS) is 1. The van der Waals surface area contributed by atoms with Crippen LogP contribution in [0.1, 0.15) is 24.5 Å². The Morgan fingerprint density at radius 3 is 2.94 bits per heavy atom. The maximum atomic E-state index is 11.1. The number of aliphatic carboxylic acids is 1. The SMILES string of the molecule is Cc1cncc(CN2CCC(C)(C(=O)O)C2)c1. The molecule has 0 saturated carbocycles. The van der Waals surface area contributed by atoms with E-state index < -0.39 is 11.4 Å². The standard InChI is InChI=1S/C13H18N2O2/c1-10-5-11(7-14-6-10)8-15-4-3-13(2,9-15)12(16)17/h5-7H,3-4,8-9H2,1-2H3,(H,16,17). The predicted octanol–water partition coefficient (Wildman–Crippen LogP) is 1.69. The van der Waals surface area contributed by atoms with Crippen molar-refractivity contribution in [1.82, 2.24) is 9.88 Å². The lowest BCUT2D eigenvalue weighted by molar-refractivity contribution is -0.147. The zero-order valence-electron chi connectivity index (χ0n) is 10.3. The molecule has 4 nitrogen and oxygen atoms in total. The highest BCUT2D eigenvalue weighted by molar-refractivity contribution is 5.74. The summed E-state index contributed by atoms with van der Waals surface area (Å²) >= 11 is 0. The molecule has 0 amide bonds. The average molecular weight is 234 g/mol. The zero-order valence-corrected chi connectivity index (χ0v) is 10.3. The molecule has 92 valence electrons. The minimum Gasteiger partial charge on any atom is -0.481 e. The second kappa shape index (κ2) is 4.45. The van der Waals surface area contributed by atoms with Crippen molar-refractivity contribution in [2.75, 3.05) is 13.1 Å². The van der Waals surface area contributed by atoms with Gasteiger partial charge in [-0.05, 0) is 37.9 Å². The molecule has 0 bridgehead atoms. The molecule has 0 radical (unpaired) electrons. The van der Waals surface area contributed by atoms with Crippen LogP contribution >= 0.6 is 0 Å². The molecule has 0 aromatic carbocycles. The lowest BCUT2D eigenvalue weighted by Gasteiger charge is -2.20. The number of likely N-dealkylation sites (tertiary alicyclic amines) is 1. The van der Waals surface area contributed by atoms with Crippen LogP contribution in [0.2, 0.25) is 0 Å². The van der Waals surface area contributed by atoms with Crippen LogP contribution < -0.4 is 0 Å². The number of carboxylic acids is 1. The number of pyridine rings is 1. The van der Waals surface area contributed by atoms with E-state index >= 15 is 0 Å². The van der Waals surface area contributed by atoms with Gasteiger partial charge in [0.25, 0.3) is 0 Å². The second-order valence-corrected chi connectivity index (χ2v) is 5.20. The van der Waals surface area contributed by atoms with Gasteiger partial charge in [0.15, 0.2) is 0 Å². The molecule has 0 spiro atoms. The molecular formula is C13H18N2O2. The number of aryl methyl sites for hydroxylation is 1. The third-order valence-corrected chi connectivity index (χ3v) is 3.41. The van der Waals surface area contributed by atoms with E-state index in [4.69, 9.17) is 5.11 Å². The van der Waals surface area contributed by atoms with Gasteiger partial charge in [0.05, 0.1) is 5.41 Å². The first-order valence-electron chi connectivity index (χ1n) is 5.86. The second-order valence-electron chi connectivity index (χ2n) is 5.20. The highest BCUT2D eigenvalue weighted by Gasteiger charge is 2.40. The monoisotopic (exact) mass is 234 g/mol. The van der Waals surface area contributed by atoms with Gasteiger partial charge in [-0.1, -0.05) is 6.07 Å². The van der Waals surface area contributed by atoms with Crippen molar-refractivity contribution in [3.8, 4) is 0 Å². The van der Waals surface area contributed by atoms with Crippen molar-refractivity contribution in [3.63, 3.8) is 0 Å². The largest absolute Gasteiger partial charge is 0.481 e.